The number of nitrogens with zero attached hydrogens (tertiary/aromatic N) is 1. The van der Waals surface area contributed by atoms with Crippen molar-refractivity contribution in [3.05, 3.63) is 95.6 Å². The van der Waals surface area contributed by atoms with Crippen molar-refractivity contribution in [1.29, 1.82) is 0 Å². The van der Waals surface area contributed by atoms with Crippen molar-refractivity contribution >= 4 is 17.3 Å². The van der Waals surface area contributed by atoms with Gasteiger partial charge in [-0.05, 0) is 41.8 Å². The molecule has 0 radical (unpaired) electrons. The molecule has 138 valence electrons. The molecule has 3 aromatic carbocycles. The summed E-state index contributed by atoms with van der Waals surface area (Å²) in [5.41, 5.74) is 5.35. The zero-order valence-corrected chi connectivity index (χ0v) is 16.1. The molecule has 0 aliphatic heterocycles. The van der Waals surface area contributed by atoms with Gasteiger partial charge in [-0.1, -0.05) is 60.7 Å². The van der Waals surface area contributed by atoms with Gasteiger partial charge in [-0.25, -0.2) is 0 Å². The average molecular weight is 358 g/mol. The van der Waals surface area contributed by atoms with Gasteiger partial charge >= 0.3 is 0 Å². The molecule has 3 aromatic rings. The van der Waals surface area contributed by atoms with Crippen LogP contribution in [0.1, 0.15) is 29.0 Å². The summed E-state index contributed by atoms with van der Waals surface area (Å²) in [5, 5.41) is 3.09. The predicted molar refractivity (Wildman–Crippen MR) is 113 cm³/mol. The second-order valence-electron chi connectivity index (χ2n) is 7.02. The molecule has 0 heterocycles. The summed E-state index contributed by atoms with van der Waals surface area (Å²) >= 11 is 0. The van der Waals surface area contributed by atoms with Crippen molar-refractivity contribution in [3.63, 3.8) is 0 Å². The highest BCUT2D eigenvalue weighted by atomic mass is 16.1. The van der Waals surface area contributed by atoms with Gasteiger partial charge in [-0.15, -0.1) is 0 Å². The first-order valence-corrected chi connectivity index (χ1v) is 9.22. The third-order valence-electron chi connectivity index (χ3n) is 4.79. The van der Waals surface area contributed by atoms with E-state index in [1.807, 2.05) is 69.6 Å². The summed E-state index contributed by atoms with van der Waals surface area (Å²) < 4.78 is 0. The summed E-state index contributed by atoms with van der Waals surface area (Å²) in [6.45, 7) is 2.02. The van der Waals surface area contributed by atoms with Crippen LogP contribution in [0.2, 0.25) is 0 Å². The number of hydrogen-bond donors (Lipinski definition) is 1. The summed E-state index contributed by atoms with van der Waals surface area (Å²) in [6.07, 6.45) is 0.406. The molecule has 0 saturated heterocycles. The number of carbonyl (C=O) groups is 1. The Balaban J connectivity index is 1.79. The highest BCUT2D eigenvalue weighted by Gasteiger charge is 2.18. The third kappa shape index (κ3) is 4.76. The van der Waals surface area contributed by atoms with Crippen molar-refractivity contribution in [2.75, 3.05) is 24.3 Å². The first-order chi connectivity index (χ1) is 13.0. The highest BCUT2D eigenvalue weighted by Crippen LogP contribution is 2.29. The van der Waals surface area contributed by atoms with Crippen LogP contribution >= 0.6 is 0 Å². The van der Waals surface area contributed by atoms with Gasteiger partial charge in [0.25, 0.3) is 0 Å². The largest absolute Gasteiger partial charge is 0.378 e. The lowest BCUT2D eigenvalue weighted by Crippen LogP contribution is -2.17. The zero-order chi connectivity index (χ0) is 19.2. The van der Waals surface area contributed by atoms with Crippen molar-refractivity contribution in [2.24, 2.45) is 0 Å². The molecule has 3 nitrogen and oxygen atoms in total. The third-order valence-corrected chi connectivity index (χ3v) is 4.79. The molecule has 0 fully saturated rings. The van der Waals surface area contributed by atoms with Gasteiger partial charge in [0.05, 0.1) is 0 Å². The van der Waals surface area contributed by atoms with Crippen LogP contribution in [-0.4, -0.2) is 20.0 Å². The standard InChI is InChI=1S/C24H26N2O/c1-18-16-21(26(2)3)14-15-23(18)25-24(27)17-22(19-10-6-4-7-11-19)20-12-8-5-9-13-20/h4-16,22H,17H2,1-3H3,(H,25,27). The summed E-state index contributed by atoms with van der Waals surface area (Å²) in [6, 6.07) is 26.5. The molecule has 0 atom stereocenters. The molecular weight excluding hydrogens is 332 g/mol. The van der Waals surface area contributed by atoms with Crippen LogP contribution in [-0.2, 0) is 4.79 Å². The molecule has 0 aromatic heterocycles. The van der Waals surface area contributed by atoms with E-state index in [4.69, 9.17) is 0 Å². The Morgan fingerprint density at radius 3 is 1.93 bits per heavy atom. The van der Waals surface area contributed by atoms with E-state index in [-0.39, 0.29) is 11.8 Å². The van der Waals surface area contributed by atoms with Crippen molar-refractivity contribution in [1.82, 2.24) is 0 Å². The molecule has 0 aliphatic rings. The Morgan fingerprint density at radius 2 is 1.44 bits per heavy atom. The number of carbonyl (C=O) groups excluding carboxylic acids is 1. The molecular formula is C24H26N2O. The molecule has 1 N–H and O–H groups in total. The fraction of sp³-hybridized carbons (Fsp3) is 0.208. The quantitative estimate of drug-likeness (QED) is 0.655. The van der Waals surface area contributed by atoms with Crippen LogP contribution in [0.5, 0.6) is 0 Å². The molecule has 3 heteroatoms. The van der Waals surface area contributed by atoms with Gasteiger partial charge in [0, 0.05) is 37.8 Å². The Labute approximate surface area is 161 Å². The lowest BCUT2D eigenvalue weighted by molar-refractivity contribution is -0.116. The van der Waals surface area contributed by atoms with Crippen LogP contribution < -0.4 is 10.2 Å². The number of anilines is 2. The number of rotatable bonds is 6. The normalized spacial score (nSPS) is 10.7. The lowest BCUT2D eigenvalue weighted by atomic mass is 9.88. The molecule has 0 aliphatic carbocycles. The van der Waals surface area contributed by atoms with Gasteiger partial charge in [-0.2, -0.15) is 0 Å². The van der Waals surface area contributed by atoms with E-state index in [1.54, 1.807) is 0 Å². The predicted octanol–water partition coefficient (Wildman–Crippen LogP) is 5.22. The van der Waals surface area contributed by atoms with E-state index >= 15 is 0 Å². The van der Waals surface area contributed by atoms with E-state index < -0.39 is 0 Å². The van der Waals surface area contributed by atoms with Crippen LogP contribution in [0, 0.1) is 6.92 Å². The minimum absolute atomic E-state index is 0.0217. The molecule has 27 heavy (non-hydrogen) atoms. The topological polar surface area (TPSA) is 32.3 Å². The van der Waals surface area contributed by atoms with E-state index in [1.165, 1.54) is 0 Å². The summed E-state index contributed by atoms with van der Waals surface area (Å²) in [5.74, 6) is 0.0576. The lowest BCUT2D eigenvalue weighted by Gasteiger charge is -2.19. The maximum absolute atomic E-state index is 12.8. The van der Waals surface area contributed by atoms with Crippen molar-refractivity contribution < 1.29 is 4.79 Å². The summed E-state index contributed by atoms with van der Waals surface area (Å²) in [7, 11) is 4.02. The minimum atomic E-state index is 0.0217. The average Bonchev–Trinajstić information content (AvgIpc) is 2.69. The second-order valence-corrected chi connectivity index (χ2v) is 7.02. The molecule has 3 rings (SSSR count). The molecule has 0 unspecified atom stereocenters. The van der Waals surface area contributed by atoms with Gasteiger partial charge in [0.2, 0.25) is 5.91 Å². The number of nitrogens with one attached hydrogen (secondary N) is 1. The smallest absolute Gasteiger partial charge is 0.225 e. The van der Waals surface area contributed by atoms with Gasteiger partial charge in [-0.3, -0.25) is 4.79 Å². The Hall–Kier alpha value is -3.07. The zero-order valence-electron chi connectivity index (χ0n) is 16.1. The van der Waals surface area contributed by atoms with Crippen LogP contribution in [0.4, 0.5) is 11.4 Å². The van der Waals surface area contributed by atoms with E-state index in [0.29, 0.717) is 6.42 Å². The highest BCUT2D eigenvalue weighted by molar-refractivity contribution is 5.92. The van der Waals surface area contributed by atoms with Crippen LogP contribution in [0.15, 0.2) is 78.9 Å². The van der Waals surface area contributed by atoms with Crippen LogP contribution in [0.25, 0.3) is 0 Å². The number of benzene rings is 3. The Morgan fingerprint density at radius 1 is 0.889 bits per heavy atom. The Kier molecular flexibility index (Phi) is 5.92. The van der Waals surface area contributed by atoms with E-state index in [0.717, 1.165) is 28.1 Å². The van der Waals surface area contributed by atoms with E-state index in [9.17, 15) is 4.79 Å². The fourth-order valence-electron chi connectivity index (χ4n) is 3.25. The van der Waals surface area contributed by atoms with Gasteiger partial charge in [0.15, 0.2) is 0 Å². The molecule has 0 spiro atoms. The monoisotopic (exact) mass is 358 g/mol. The molecule has 1 amide bonds. The Bertz CT molecular complexity index is 849. The van der Waals surface area contributed by atoms with Crippen LogP contribution in [0.3, 0.4) is 0 Å². The number of aryl methyl sites for hydroxylation is 1. The van der Waals surface area contributed by atoms with Crippen molar-refractivity contribution in [3.8, 4) is 0 Å². The summed E-state index contributed by atoms with van der Waals surface area (Å²) in [4.78, 5) is 14.9. The number of hydrogen-bond acceptors (Lipinski definition) is 2. The molecule has 0 bridgehead atoms. The number of amides is 1. The first-order valence-electron chi connectivity index (χ1n) is 9.22. The molecule has 0 saturated carbocycles. The first kappa shape index (κ1) is 18.7. The van der Waals surface area contributed by atoms with Gasteiger partial charge in [0.1, 0.15) is 0 Å². The van der Waals surface area contributed by atoms with Crippen molar-refractivity contribution in [2.45, 2.75) is 19.3 Å². The van der Waals surface area contributed by atoms with E-state index in [2.05, 4.69) is 40.5 Å². The van der Waals surface area contributed by atoms with Gasteiger partial charge < -0.3 is 10.2 Å². The SMILES string of the molecule is Cc1cc(N(C)C)ccc1NC(=O)CC(c1ccccc1)c1ccccc1. The maximum atomic E-state index is 12.8. The fourth-order valence-corrected chi connectivity index (χ4v) is 3.25. The maximum Gasteiger partial charge on any atom is 0.225 e. The minimum Gasteiger partial charge on any atom is -0.378 e. The second kappa shape index (κ2) is 8.54.